The SMILES string of the molecule is NCC1CNCCN1CCC1CC1. The van der Waals surface area contributed by atoms with E-state index < -0.39 is 0 Å². The lowest BCUT2D eigenvalue weighted by molar-refractivity contribution is 0.161. The third kappa shape index (κ3) is 2.66. The fourth-order valence-corrected chi connectivity index (χ4v) is 2.08. The fourth-order valence-electron chi connectivity index (χ4n) is 2.08. The maximum absolute atomic E-state index is 5.73. The van der Waals surface area contributed by atoms with E-state index in [0.717, 1.165) is 25.6 Å². The topological polar surface area (TPSA) is 41.3 Å². The number of hydrogen-bond acceptors (Lipinski definition) is 3. The first-order valence-corrected chi connectivity index (χ1v) is 5.55. The van der Waals surface area contributed by atoms with Gasteiger partial charge < -0.3 is 11.1 Å². The predicted molar refractivity (Wildman–Crippen MR) is 54.6 cm³/mol. The van der Waals surface area contributed by atoms with Crippen LogP contribution in [0.2, 0.25) is 0 Å². The molecule has 0 aromatic heterocycles. The molecule has 2 aliphatic rings. The van der Waals surface area contributed by atoms with E-state index in [-0.39, 0.29) is 0 Å². The first kappa shape index (κ1) is 9.44. The zero-order valence-electron chi connectivity index (χ0n) is 8.34. The van der Waals surface area contributed by atoms with Crippen molar-refractivity contribution >= 4 is 0 Å². The minimum absolute atomic E-state index is 0.590. The van der Waals surface area contributed by atoms with E-state index in [1.165, 1.54) is 32.4 Å². The van der Waals surface area contributed by atoms with E-state index in [1.807, 2.05) is 0 Å². The van der Waals surface area contributed by atoms with Crippen LogP contribution < -0.4 is 11.1 Å². The standard InChI is InChI=1S/C10H21N3/c11-7-10-8-12-4-6-13(10)5-3-9-1-2-9/h9-10,12H,1-8,11H2. The Balaban J connectivity index is 1.72. The molecule has 2 fully saturated rings. The number of nitrogens with one attached hydrogen (secondary N) is 1. The molecule has 1 aliphatic carbocycles. The van der Waals surface area contributed by atoms with Gasteiger partial charge in [0.05, 0.1) is 0 Å². The summed E-state index contributed by atoms with van der Waals surface area (Å²) < 4.78 is 0. The molecule has 0 amide bonds. The summed E-state index contributed by atoms with van der Waals surface area (Å²) in [7, 11) is 0. The van der Waals surface area contributed by atoms with Crippen molar-refractivity contribution in [1.29, 1.82) is 0 Å². The zero-order valence-corrected chi connectivity index (χ0v) is 8.34. The molecule has 3 N–H and O–H groups in total. The summed E-state index contributed by atoms with van der Waals surface area (Å²) in [6, 6.07) is 0.590. The minimum atomic E-state index is 0.590. The van der Waals surface area contributed by atoms with Gasteiger partial charge in [0.1, 0.15) is 0 Å². The monoisotopic (exact) mass is 183 g/mol. The van der Waals surface area contributed by atoms with Gasteiger partial charge in [0.15, 0.2) is 0 Å². The van der Waals surface area contributed by atoms with Crippen LogP contribution in [0.3, 0.4) is 0 Å². The van der Waals surface area contributed by atoms with Crippen molar-refractivity contribution in [2.75, 3.05) is 32.7 Å². The van der Waals surface area contributed by atoms with Crippen LogP contribution in [0.4, 0.5) is 0 Å². The number of hydrogen-bond donors (Lipinski definition) is 2. The quantitative estimate of drug-likeness (QED) is 0.645. The van der Waals surface area contributed by atoms with Crippen LogP contribution in [0, 0.1) is 5.92 Å². The van der Waals surface area contributed by atoms with Gasteiger partial charge in [-0.2, -0.15) is 0 Å². The van der Waals surface area contributed by atoms with E-state index in [0.29, 0.717) is 6.04 Å². The minimum Gasteiger partial charge on any atom is -0.329 e. The second-order valence-corrected chi connectivity index (χ2v) is 4.36. The van der Waals surface area contributed by atoms with Crippen molar-refractivity contribution in [2.45, 2.75) is 25.3 Å². The van der Waals surface area contributed by atoms with Gasteiger partial charge in [-0.05, 0) is 18.9 Å². The molecule has 3 heteroatoms. The van der Waals surface area contributed by atoms with Crippen LogP contribution in [-0.2, 0) is 0 Å². The third-order valence-corrected chi connectivity index (χ3v) is 3.27. The summed E-state index contributed by atoms with van der Waals surface area (Å²) in [5, 5.41) is 3.40. The second-order valence-electron chi connectivity index (χ2n) is 4.36. The molecule has 0 aromatic carbocycles. The van der Waals surface area contributed by atoms with Crippen molar-refractivity contribution in [3.8, 4) is 0 Å². The molecular formula is C10H21N3. The highest BCUT2D eigenvalue weighted by Crippen LogP contribution is 2.32. The Morgan fingerprint density at radius 1 is 1.38 bits per heavy atom. The lowest BCUT2D eigenvalue weighted by Gasteiger charge is -2.35. The number of rotatable bonds is 4. The van der Waals surface area contributed by atoms with Gasteiger partial charge in [0, 0.05) is 32.2 Å². The lowest BCUT2D eigenvalue weighted by atomic mass is 10.1. The maximum atomic E-state index is 5.73. The Morgan fingerprint density at radius 2 is 2.23 bits per heavy atom. The molecule has 1 saturated heterocycles. The van der Waals surface area contributed by atoms with Gasteiger partial charge in [0.2, 0.25) is 0 Å². The average Bonchev–Trinajstić information content (AvgIpc) is 2.99. The molecule has 1 heterocycles. The van der Waals surface area contributed by atoms with Crippen LogP contribution >= 0.6 is 0 Å². The summed E-state index contributed by atoms with van der Waals surface area (Å²) in [5.74, 6) is 1.05. The van der Waals surface area contributed by atoms with E-state index >= 15 is 0 Å². The van der Waals surface area contributed by atoms with Crippen molar-refractivity contribution in [1.82, 2.24) is 10.2 Å². The molecule has 3 nitrogen and oxygen atoms in total. The van der Waals surface area contributed by atoms with Crippen LogP contribution in [0.1, 0.15) is 19.3 Å². The Bertz CT molecular complexity index is 156. The fraction of sp³-hybridized carbons (Fsp3) is 1.00. The number of piperazine rings is 1. The number of nitrogens with two attached hydrogens (primary N) is 1. The molecule has 76 valence electrons. The highest BCUT2D eigenvalue weighted by atomic mass is 15.2. The molecule has 0 spiro atoms. The van der Waals surface area contributed by atoms with Crippen LogP contribution in [0.5, 0.6) is 0 Å². The third-order valence-electron chi connectivity index (χ3n) is 3.27. The highest BCUT2D eigenvalue weighted by molar-refractivity contribution is 4.82. The van der Waals surface area contributed by atoms with E-state index in [9.17, 15) is 0 Å². The Labute approximate surface area is 80.7 Å². The molecule has 1 saturated carbocycles. The van der Waals surface area contributed by atoms with Crippen molar-refractivity contribution in [3.63, 3.8) is 0 Å². The van der Waals surface area contributed by atoms with Gasteiger partial charge >= 0.3 is 0 Å². The predicted octanol–water partition coefficient (Wildman–Crippen LogP) is 0.0190. The van der Waals surface area contributed by atoms with Gasteiger partial charge in [-0.25, -0.2) is 0 Å². The first-order chi connectivity index (χ1) is 6.40. The molecule has 0 aromatic rings. The summed E-state index contributed by atoms with van der Waals surface area (Å²) in [5.41, 5.74) is 5.73. The van der Waals surface area contributed by atoms with Gasteiger partial charge in [-0.1, -0.05) is 12.8 Å². The maximum Gasteiger partial charge on any atom is 0.0343 e. The summed E-state index contributed by atoms with van der Waals surface area (Å²) in [6.45, 7) is 5.49. The van der Waals surface area contributed by atoms with Crippen LogP contribution in [0.25, 0.3) is 0 Å². The number of nitrogens with zero attached hydrogens (tertiary/aromatic N) is 1. The van der Waals surface area contributed by atoms with Crippen LogP contribution in [-0.4, -0.2) is 43.7 Å². The molecule has 2 rings (SSSR count). The normalized spacial score (nSPS) is 30.7. The second kappa shape index (κ2) is 4.40. The van der Waals surface area contributed by atoms with E-state index in [2.05, 4.69) is 10.2 Å². The smallest absolute Gasteiger partial charge is 0.0343 e. The van der Waals surface area contributed by atoms with Crippen molar-refractivity contribution in [2.24, 2.45) is 11.7 Å². The molecule has 0 radical (unpaired) electrons. The summed E-state index contributed by atoms with van der Waals surface area (Å²) in [6.07, 6.45) is 4.34. The molecule has 13 heavy (non-hydrogen) atoms. The Morgan fingerprint density at radius 3 is 2.92 bits per heavy atom. The van der Waals surface area contributed by atoms with Gasteiger partial charge in [0.25, 0.3) is 0 Å². The molecule has 1 aliphatic heterocycles. The summed E-state index contributed by atoms with van der Waals surface area (Å²) >= 11 is 0. The highest BCUT2D eigenvalue weighted by Gasteiger charge is 2.25. The molecule has 0 bridgehead atoms. The Hall–Kier alpha value is -0.120. The molecule has 1 unspecified atom stereocenters. The molecular weight excluding hydrogens is 162 g/mol. The average molecular weight is 183 g/mol. The van der Waals surface area contributed by atoms with Crippen molar-refractivity contribution in [3.05, 3.63) is 0 Å². The zero-order chi connectivity index (χ0) is 9.10. The van der Waals surface area contributed by atoms with Crippen LogP contribution in [0.15, 0.2) is 0 Å². The molecule has 1 atom stereocenters. The van der Waals surface area contributed by atoms with Crippen molar-refractivity contribution < 1.29 is 0 Å². The largest absolute Gasteiger partial charge is 0.329 e. The van der Waals surface area contributed by atoms with Gasteiger partial charge in [-0.3, -0.25) is 4.90 Å². The summed E-state index contributed by atoms with van der Waals surface area (Å²) in [4.78, 5) is 2.56. The first-order valence-electron chi connectivity index (χ1n) is 5.55. The lowest BCUT2D eigenvalue weighted by Crippen LogP contribution is -2.54. The van der Waals surface area contributed by atoms with E-state index in [1.54, 1.807) is 0 Å². The Kier molecular flexibility index (Phi) is 3.19. The van der Waals surface area contributed by atoms with Gasteiger partial charge in [-0.15, -0.1) is 0 Å². The van der Waals surface area contributed by atoms with E-state index in [4.69, 9.17) is 5.73 Å².